The van der Waals surface area contributed by atoms with Gasteiger partial charge in [-0.2, -0.15) is 5.10 Å². The van der Waals surface area contributed by atoms with Gasteiger partial charge in [-0.05, 0) is 17.7 Å². The molecule has 0 fully saturated rings. The maximum Gasteiger partial charge on any atom is 0.242 e. The van der Waals surface area contributed by atoms with Crippen LogP contribution in [0.15, 0.2) is 36.9 Å². The number of nitrogens with zero attached hydrogens (tertiary/aromatic N) is 3. The standard InChI is InChI=1S/C14H15N5O/c15-7-1-2-12-3-5-13(6-4-12)8-17-14(20)9-19-11-16-10-18-19/h3-6,10-11H,7-9,15H2,(H,17,20). The fourth-order valence-electron chi connectivity index (χ4n) is 1.58. The monoisotopic (exact) mass is 269 g/mol. The van der Waals surface area contributed by atoms with Crippen LogP contribution in [0.1, 0.15) is 11.1 Å². The summed E-state index contributed by atoms with van der Waals surface area (Å²) in [4.78, 5) is 15.4. The van der Waals surface area contributed by atoms with E-state index in [1.807, 2.05) is 24.3 Å². The van der Waals surface area contributed by atoms with Crippen LogP contribution in [0.2, 0.25) is 0 Å². The van der Waals surface area contributed by atoms with Gasteiger partial charge in [0.2, 0.25) is 5.91 Å². The van der Waals surface area contributed by atoms with Crippen molar-refractivity contribution in [2.45, 2.75) is 13.1 Å². The van der Waals surface area contributed by atoms with Crippen LogP contribution in [0, 0.1) is 11.8 Å². The zero-order valence-corrected chi connectivity index (χ0v) is 10.9. The van der Waals surface area contributed by atoms with E-state index >= 15 is 0 Å². The van der Waals surface area contributed by atoms with E-state index in [4.69, 9.17) is 5.73 Å². The Kier molecular flexibility index (Phi) is 4.87. The van der Waals surface area contributed by atoms with Crippen molar-refractivity contribution < 1.29 is 4.79 Å². The maximum absolute atomic E-state index is 11.7. The van der Waals surface area contributed by atoms with Gasteiger partial charge in [-0.1, -0.05) is 24.0 Å². The summed E-state index contributed by atoms with van der Waals surface area (Å²) in [5, 5.41) is 6.69. The maximum atomic E-state index is 11.7. The molecule has 0 saturated carbocycles. The van der Waals surface area contributed by atoms with Crippen LogP contribution < -0.4 is 11.1 Å². The fraction of sp³-hybridized carbons (Fsp3) is 0.214. The Labute approximate surface area is 117 Å². The van der Waals surface area contributed by atoms with E-state index in [9.17, 15) is 4.79 Å². The molecule has 1 aromatic heterocycles. The predicted octanol–water partition coefficient (Wildman–Crippen LogP) is -0.0953. The molecular weight excluding hydrogens is 254 g/mol. The third-order valence-electron chi connectivity index (χ3n) is 2.55. The molecule has 6 heteroatoms. The summed E-state index contributed by atoms with van der Waals surface area (Å²) in [5.74, 6) is 5.63. The topological polar surface area (TPSA) is 85.8 Å². The van der Waals surface area contributed by atoms with E-state index in [-0.39, 0.29) is 12.5 Å². The smallest absolute Gasteiger partial charge is 0.242 e. The van der Waals surface area contributed by atoms with Gasteiger partial charge in [-0.15, -0.1) is 0 Å². The number of carbonyl (C=O) groups excluding carboxylic acids is 1. The molecule has 20 heavy (non-hydrogen) atoms. The molecule has 1 aromatic carbocycles. The summed E-state index contributed by atoms with van der Waals surface area (Å²) in [7, 11) is 0. The van der Waals surface area contributed by atoms with Gasteiger partial charge < -0.3 is 11.1 Å². The quantitative estimate of drug-likeness (QED) is 0.759. The molecule has 0 aliphatic heterocycles. The molecule has 102 valence electrons. The van der Waals surface area contributed by atoms with Gasteiger partial charge in [0.1, 0.15) is 19.2 Å². The first-order valence-electron chi connectivity index (χ1n) is 6.15. The molecule has 1 amide bonds. The Morgan fingerprint density at radius 1 is 1.35 bits per heavy atom. The summed E-state index contributed by atoms with van der Waals surface area (Å²) >= 11 is 0. The lowest BCUT2D eigenvalue weighted by molar-refractivity contribution is -0.122. The summed E-state index contributed by atoms with van der Waals surface area (Å²) in [6.07, 6.45) is 2.90. The zero-order valence-electron chi connectivity index (χ0n) is 10.9. The number of hydrogen-bond acceptors (Lipinski definition) is 4. The molecule has 0 spiro atoms. The Morgan fingerprint density at radius 3 is 2.80 bits per heavy atom. The summed E-state index contributed by atoms with van der Waals surface area (Å²) in [6, 6.07) is 7.66. The minimum absolute atomic E-state index is 0.109. The minimum atomic E-state index is -0.109. The van der Waals surface area contributed by atoms with Crippen LogP contribution in [-0.2, 0) is 17.9 Å². The lowest BCUT2D eigenvalue weighted by Gasteiger charge is -2.05. The average Bonchev–Trinajstić information content (AvgIpc) is 2.97. The van der Waals surface area contributed by atoms with Crippen molar-refractivity contribution in [2.75, 3.05) is 6.54 Å². The van der Waals surface area contributed by atoms with E-state index < -0.39 is 0 Å². The first-order chi connectivity index (χ1) is 9.78. The van der Waals surface area contributed by atoms with Crippen molar-refractivity contribution in [2.24, 2.45) is 5.73 Å². The highest BCUT2D eigenvalue weighted by Crippen LogP contribution is 2.02. The molecule has 3 N–H and O–H groups in total. The number of rotatable bonds is 4. The zero-order chi connectivity index (χ0) is 14.2. The third kappa shape index (κ3) is 4.23. The SMILES string of the molecule is NCC#Cc1ccc(CNC(=O)Cn2cncn2)cc1. The lowest BCUT2D eigenvalue weighted by atomic mass is 10.1. The van der Waals surface area contributed by atoms with E-state index in [0.29, 0.717) is 13.1 Å². The number of nitrogens with two attached hydrogens (primary N) is 1. The van der Waals surface area contributed by atoms with Gasteiger partial charge in [0.25, 0.3) is 0 Å². The van der Waals surface area contributed by atoms with Crippen molar-refractivity contribution in [3.8, 4) is 11.8 Å². The van der Waals surface area contributed by atoms with Gasteiger partial charge in [0.05, 0.1) is 6.54 Å². The summed E-state index contributed by atoms with van der Waals surface area (Å²) in [6.45, 7) is 0.984. The molecule has 0 saturated heterocycles. The predicted molar refractivity (Wildman–Crippen MR) is 74.2 cm³/mol. The molecule has 0 atom stereocenters. The molecule has 1 heterocycles. The molecule has 0 aliphatic rings. The molecule has 0 aliphatic carbocycles. The van der Waals surface area contributed by atoms with Crippen LogP contribution in [0.5, 0.6) is 0 Å². The number of hydrogen-bond donors (Lipinski definition) is 2. The molecule has 0 radical (unpaired) electrons. The second-order valence-corrected chi connectivity index (χ2v) is 4.07. The van der Waals surface area contributed by atoms with Crippen molar-refractivity contribution in [3.63, 3.8) is 0 Å². The van der Waals surface area contributed by atoms with Crippen molar-refractivity contribution >= 4 is 5.91 Å². The average molecular weight is 269 g/mol. The highest BCUT2D eigenvalue weighted by Gasteiger charge is 2.02. The van der Waals surface area contributed by atoms with Crippen LogP contribution in [0.25, 0.3) is 0 Å². The van der Waals surface area contributed by atoms with Gasteiger partial charge in [-0.25, -0.2) is 9.67 Å². The van der Waals surface area contributed by atoms with Gasteiger partial charge in [-0.3, -0.25) is 4.79 Å². The van der Waals surface area contributed by atoms with Crippen molar-refractivity contribution in [1.29, 1.82) is 0 Å². The molecule has 0 unspecified atom stereocenters. The van der Waals surface area contributed by atoms with Crippen molar-refractivity contribution in [1.82, 2.24) is 20.1 Å². The lowest BCUT2D eigenvalue weighted by Crippen LogP contribution is -2.27. The Bertz CT molecular complexity index is 607. The second kappa shape index (κ2) is 7.07. The van der Waals surface area contributed by atoms with E-state index in [0.717, 1.165) is 11.1 Å². The third-order valence-corrected chi connectivity index (χ3v) is 2.55. The largest absolute Gasteiger partial charge is 0.350 e. The minimum Gasteiger partial charge on any atom is -0.350 e. The number of nitrogens with one attached hydrogen (secondary N) is 1. The van der Waals surface area contributed by atoms with Crippen LogP contribution in [-0.4, -0.2) is 27.2 Å². The molecule has 6 nitrogen and oxygen atoms in total. The molecule has 2 rings (SSSR count). The highest BCUT2D eigenvalue weighted by molar-refractivity contribution is 5.75. The normalized spacial score (nSPS) is 9.65. The fourth-order valence-corrected chi connectivity index (χ4v) is 1.58. The number of amides is 1. The Balaban J connectivity index is 1.83. The molecule has 0 bridgehead atoms. The Morgan fingerprint density at radius 2 is 2.15 bits per heavy atom. The van der Waals surface area contributed by atoms with E-state index in [1.54, 1.807) is 0 Å². The van der Waals surface area contributed by atoms with Crippen LogP contribution in [0.3, 0.4) is 0 Å². The molecular formula is C14H15N5O. The van der Waals surface area contributed by atoms with Crippen LogP contribution in [0.4, 0.5) is 0 Å². The summed E-state index contributed by atoms with van der Waals surface area (Å²) in [5.41, 5.74) is 7.23. The first kappa shape index (κ1) is 13.8. The summed E-state index contributed by atoms with van der Waals surface area (Å²) < 4.78 is 1.47. The highest BCUT2D eigenvalue weighted by atomic mass is 16.2. The van der Waals surface area contributed by atoms with E-state index in [1.165, 1.54) is 17.3 Å². The second-order valence-electron chi connectivity index (χ2n) is 4.07. The van der Waals surface area contributed by atoms with Crippen LogP contribution >= 0.6 is 0 Å². The van der Waals surface area contributed by atoms with Gasteiger partial charge in [0.15, 0.2) is 0 Å². The first-order valence-corrected chi connectivity index (χ1v) is 6.15. The molecule has 2 aromatic rings. The van der Waals surface area contributed by atoms with Gasteiger partial charge >= 0.3 is 0 Å². The Hall–Kier alpha value is -2.65. The van der Waals surface area contributed by atoms with Gasteiger partial charge in [0, 0.05) is 12.1 Å². The number of benzene rings is 1. The number of aromatic nitrogens is 3. The van der Waals surface area contributed by atoms with E-state index in [2.05, 4.69) is 27.2 Å². The van der Waals surface area contributed by atoms with Crippen molar-refractivity contribution in [3.05, 3.63) is 48.0 Å². The number of carbonyl (C=O) groups is 1.